The molecule has 0 aliphatic rings. The van der Waals surface area contributed by atoms with Gasteiger partial charge < -0.3 is 15.4 Å². The third kappa shape index (κ3) is 4.12. The first kappa shape index (κ1) is 15.3. The van der Waals surface area contributed by atoms with Crippen LogP contribution in [0.4, 0.5) is 4.79 Å². The van der Waals surface area contributed by atoms with E-state index in [0.29, 0.717) is 6.54 Å². The van der Waals surface area contributed by atoms with Gasteiger partial charge in [-0.1, -0.05) is 6.92 Å². The van der Waals surface area contributed by atoms with Gasteiger partial charge in [0.15, 0.2) is 0 Å². The van der Waals surface area contributed by atoms with Crippen LogP contribution in [0.15, 0.2) is 6.20 Å². The lowest BCUT2D eigenvalue weighted by molar-refractivity contribution is 0.237. The Labute approximate surface area is 114 Å². The fourth-order valence-electron chi connectivity index (χ4n) is 1.79. The number of hydrogen-bond acceptors (Lipinski definition) is 3. The van der Waals surface area contributed by atoms with Crippen LogP contribution >= 0.6 is 0 Å². The molecule has 1 aromatic heterocycles. The Morgan fingerprint density at radius 1 is 1.47 bits per heavy atom. The Morgan fingerprint density at radius 3 is 2.74 bits per heavy atom. The lowest BCUT2D eigenvalue weighted by atomic mass is 10.1. The van der Waals surface area contributed by atoms with Gasteiger partial charge in [-0.25, -0.2) is 4.79 Å². The Balaban J connectivity index is 2.66. The van der Waals surface area contributed by atoms with Crippen molar-refractivity contribution in [1.29, 1.82) is 0 Å². The van der Waals surface area contributed by atoms with Gasteiger partial charge in [-0.15, -0.1) is 0 Å². The Kier molecular flexibility index (Phi) is 5.60. The van der Waals surface area contributed by atoms with E-state index in [1.165, 1.54) is 0 Å². The number of rotatable bonds is 5. The third-order valence-electron chi connectivity index (χ3n) is 3.16. The highest BCUT2D eigenvalue weighted by atomic mass is 16.5. The molecule has 0 fully saturated rings. The molecule has 19 heavy (non-hydrogen) atoms. The van der Waals surface area contributed by atoms with Gasteiger partial charge in [0.2, 0.25) is 0 Å². The van der Waals surface area contributed by atoms with Crippen molar-refractivity contribution < 1.29 is 9.53 Å². The maximum absolute atomic E-state index is 11.6. The number of urea groups is 1. The fraction of sp³-hybridized carbons (Fsp3) is 0.571. The van der Waals surface area contributed by atoms with E-state index in [1.54, 1.807) is 13.3 Å². The van der Waals surface area contributed by atoms with Crippen molar-refractivity contribution in [1.82, 2.24) is 15.6 Å². The number of ether oxygens (including phenoxy) is 1. The molecular formula is C14H23N3O2. The second-order valence-electron chi connectivity index (χ2n) is 4.68. The van der Waals surface area contributed by atoms with Crippen molar-refractivity contribution in [3.63, 3.8) is 0 Å². The molecule has 1 aromatic rings. The van der Waals surface area contributed by atoms with E-state index in [1.807, 2.05) is 27.7 Å². The summed E-state index contributed by atoms with van der Waals surface area (Å²) in [5, 5.41) is 5.66. The fourth-order valence-corrected chi connectivity index (χ4v) is 1.79. The van der Waals surface area contributed by atoms with Crippen LogP contribution in [-0.2, 0) is 6.54 Å². The molecule has 0 aliphatic carbocycles. The third-order valence-corrected chi connectivity index (χ3v) is 3.16. The number of nitrogens with one attached hydrogen (secondary N) is 2. The summed E-state index contributed by atoms with van der Waals surface area (Å²) in [7, 11) is 1.64. The minimum absolute atomic E-state index is 0.168. The summed E-state index contributed by atoms with van der Waals surface area (Å²) in [5.41, 5.74) is 2.78. The van der Waals surface area contributed by atoms with E-state index >= 15 is 0 Å². The predicted molar refractivity (Wildman–Crippen MR) is 75.4 cm³/mol. The first-order valence-electron chi connectivity index (χ1n) is 6.53. The second kappa shape index (κ2) is 6.97. The lowest BCUT2D eigenvalue weighted by Gasteiger charge is -2.15. The topological polar surface area (TPSA) is 63.2 Å². The van der Waals surface area contributed by atoms with E-state index in [9.17, 15) is 4.79 Å². The van der Waals surface area contributed by atoms with Crippen LogP contribution in [0.3, 0.4) is 0 Å². The number of aryl methyl sites for hydroxylation is 1. The van der Waals surface area contributed by atoms with Crippen molar-refractivity contribution in [2.24, 2.45) is 0 Å². The molecule has 2 N–H and O–H groups in total. The summed E-state index contributed by atoms with van der Waals surface area (Å²) in [6.45, 7) is 8.29. The predicted octanol–water partition coefficient (Wildman–Crippen LogP) is 2.30. The molecule has 5 heteroatoms. The van der Waals surface area contributed by atoms with E-state index in [2.05, 4.69) is 15.6 Å². The monoisotopic (exact) mass is 265 g/mol. The number of carbonyl (C=O) groups excluding carboxylic acids is 1. The first-order valence-corrected chi connectivity index (χ1v) is 6.53. The van der Waals surface area contributed by atoms with Gasteiger partial charge in [-0.3, -0.25) is 4.98 Å². The molecule has 1 unspecified atom stereocenters. The minimum atomic E-state index is -0.171. The molecule has 106 valence electrons. The summed E-state index contributed by atoms with van der Waals surface area (Å²) < 4.78 is 5.34. The van der Waals surface area contributed by atoms with Crippen LogP contribution in [0, 0.1) is 13.8 Å². The number of hydrogen-bond donors (Lipinski definition) is 2. The minimum Gasteiger partial charge on any atom is -0.496 e. The largest absolute Gasteiger partial charge is 0.496 e. The van der Waals surface area contributed by atoms with Crippen molar-refractivity contribution in [3.05, 3.63) is 23.0 Å². The normalized spacial score (nSPS) is 11.8. The average Bonchev–Trinajstić information content (AvgIpc) is 2.38. The summed E-state index contributed by atoms with van der Waals surface area (Å²) in [6.07, 6.45) is 2.67. The number of amides is 2. The Bertz CT molecular complexity index is 447. The number of pyridine rings is 1. The van der Waals surface area contributed by atoms with Gasteiger partial charge in [0.25, 0.3) is 0 Å². The van der Waals surface area contributed by atoms with Crippen molar-refractivity contribution in [2.75, 3.05) is 7.11 Å². The van der Waals surface area contributed by atoms with Crippen LogP contribution in [-0.4, -0.2) is 24.2 Å². The highest BCUT2D eigenvalue weighted by molar-refractivity contribution is 5.74. The molecule has 0 spiro atoms. The van der Waals surface area contributed by atoms with Gasteiger partial charge >= 0.3 is 6.03 Å². The SMILES string of the molecule is CCC(C)NC(=O)NCc1ncc(C)c(OC)c1C. The van der Waals surface area contributed by atoms with Gasteiger partial charge in [-0.2, -0.15) is 0 Å². The van der Waals surface area contributed by atoms with Crippen LogP contribution < -0.4 is 15.4 Å². The molecule has 0 bridgehead atoms. The molecule has 2 amide bonds. The van der Waals surface area contributed by atoms with Gasteiger partial charge in [0.05, 0.1) is 19.3 Å². The smallest absolute Gasteiger partial charge is 0.315 e. The zero-order chi connectivity index (χ0) is 14.4. The van der Waals surface area contributed by atoms with Crippen LogP contribution in [0.25, 0.3) is 0 Å². The highest BCUT2D eigenvalue weighted by Crippen LogP contribution is 2.23. The Morgan fingerprint density at radius 2 is 2.16 bits per heavy atom. The number of nitrogens with zero attached hydrogens (tertiary/aromatic N) is 1. The Hall–Kier alpha value is -1.78. The maximum atomic E-state index is 11.6. The van der Waals surface area contributed by atoms with Crippen LogP contribution in [0.5, 0.6) is 5.75 Å². The van der Waals surface area contributed by atoms with Gasteiger partial charge in [-0.05, 0) is 27.2 Å². The molecule has 0 aliphatic heterocycles. The zero-order valence-corrected chi connectivity index (χ0v) is 12.3. The molecule has 1 heterocycles. The zero-order valence-electron chi connectivity index (χ0n) is 12.3. The van der Waals surface area contributed by atoms with E-state index < -0.39 is 0 Å². The molecule has 0 radical (unpaired) electrons. The van der Waals surface area contributed by atoms with Crippen molar-refractivity contribution >= 4 is 6.03 Å². The van der Waals surface area contributed by atoms with E-state index in [-0.39, 0.29) is 12.1 Å². The van der Waals surface area contributed by atoms with E-state index in [0.717, 1.165) is 29.0 Å². The standard InChI is InChI=1S/C14H23N3O2/c1-6-10(3)17-14(18)16-8-12-11(4)13(19-5)9(2)7-15-12/h7,10H,6,8H2,1-5H3,(H2,16,17,18). The quantitative estimate of drug-likeness (QED) is 0.858. The number of carbonyl (C=O) groups is 1. The summed E-state index contributed by atoms with van der Waals surface area (Å²) in [6, 6.07) is -0.00305. The molecule has 1 rings (SSSR count). The maximum Gasteiger partial charge on any atom is 0.315 e. The molecular weight excluding hydrogens is 242 g/mol. The average molecular weight is 265 g/mol. The molecule has 0 saturated heterocycles. The molecule has 0 saturated carbocycles. The summed E-state index contributed by atoms with van der Waals surface area (Å²) >= 11 is 0. The summed E-state index contributed by atoms with van der Waals surface area (Å²) in [4.78, 5) is 16.0. The van der Waals surface area contributed by atoms with Gasteiger partial charge in [0.1, 0.15) is 5.75 Å². The van der Waals surface area contributed by atoms with Gasteiger partial charge in [0, 0.05) is 23.4 Å². The molecule has 1 atom stereocenters. The highest BCUT2D eigenvalue weighted by Gasteiger charge is 2.11. The van der Waals surface area contributed by atoms with Crippen molar-refractivity contribution in [2.45, 2.75) is 46.7 Å². The van der Waals surface area contributed by atoms with Crippen LogP contribution in [0.1, 0.15) is 37.1 Å². The second-order valence-corrected chi connectivity index (χ2v) is 4.68. The lowest BCUT2D eigenvalue weighted by Crippen LogP contribution is -2.40. The molecule has 0 aromatic carbocycles. The molecule has 5 nitrogen and oxygen atoms in total. The van der Waals surface area contributed by atoms with E-state index in [4.69, 9.17) is 4.74 Å². The first-order chi connectivity index (χ1) is 8.99. The van der Waals surface area contributed by atoms with Crippen molar-refractivity contribution in [3.8, 4) is 5.75 Å². The number of aromatic nitrogens is 1. The summed E-state index contributed by atoms with van der Waals surface area (Å²) in [5.74, 6) is 0.828. The van der Waals surface area contributed by atoms with Crippen LogP contribution in [0.2, 0.25) is 0 Å². The number of methoxy groups -OCH3 is 1.